The van der Waals surface area contributed by atoms with E-state index in [0.29, 0.717) is 29.5 Å². The number of hydrogen-bond acceptors (Lipinski definition) is 5. The molecule has 2 N–H and O–H groups in total. The summed E-state index contributed by atoms with van der Waals surface area (Å²) in [5.41, 5.74) is 0.568. The monoisotopic (exact) mass is 338 g/mol. The number of nitrogens with one attached hydrogen (secondary N) is 1. The maximum atomic E-state index is 12.3. The number of aliphatic carboxylic acids is 1. The van der Waals surface area contributed by atoms with Crippen molar-refractivity contribution in [2.45, 2.75) is 19.4 Å². The van der Waals surface area contributed by atoms with Crippen LogP contribution in [-0.4, -0.2) is 52.1 Å². The average Bonchev–Trinajstić information content (AvgIpc) is 3.03. The molecule has 1 aromatic rings. The van der Waals surface area contributed by atoms with Gasteiger partial charge in [-0.05, 0) is 24.3 Å². The molecule has 0 saturated carbocycles. The standard InChI is InChI=1S/C15H18N2O5S/c1-2-13(18)17-9-23-8-12(17)15(21)16-10-3-5-11(6-4-10)22-7-14(19)20/h3-6,12H,2,7-9H2,1H3,(H,16,21)(H,19,20). The van der Waals surface area contributed by atoms with Gasteiger partial charge in [-0.15, -0.1) is 11.8 Å². The number of anilines is 1. The van der Waals surface area contributed by atoms with Crippen molar-refractivity contribution in [3.05, 3.63) is 24.3 Å². The van der Waals surface area contributed by atoms with Crippen molar-refractivity contribution in [2.75, 3.05) is 23.6 Å². The highest BCUT2D eigenvalue weighted by atomic mass is 32.2. The first-order valence-electron chi connectivity index (χ1n) is 7.14. The maximum Gasteiger partial charge on any atom is 0.341 e. The molecule has 124 valence electrons. The molecule has 1 aromatic carbocycles. The zero-order valence-electron chi connectivity index (χ0n) is 12.7. The molecular formula is C15H18N2O5S. The first-order chi connectivity index (χ1) is 11.0. The summed E-state index contributed by atoms with van der Waals surface area (Å²) in [5, 5.41) is 11.3. The second-order valence-corrected chi connectivity index (χ2v) is 5.93. The molecule has 2 amide bonds. The molecule has 8 heteroatoms. The van der Waals surface area contributed by atoms with Crippen LogP contribution in [0.15, 0.2) is 24.3 Å². The molecule has 0 aromatic heterocycles. The Hall–Kier alpha value is -2.22. The van der Waals surface area contributed by atoms with E-state index in [1.807, 2.05) is 0 Å². The minimum atomic E-state index is -1.05. The molecule has 0 radical (unpaired) electrons. The lowest BCUT2D eigenvalue weighted by atomic mass is 10.2. The fraction of sp³-hybridized carbons (Fsp3) is 0.400. The number of thioether (sulfide) groups is 1. The van der Waals surface area contributed by atoms with E-state index in [1.165, 1.54) is 0 Å². The third-order valence-electron chi connectivity index (χ3n) is 3.29. The highest BCUT2D eigenvalue weighted by molar-refractivity contribution is 7.99. The number of hydrogen-bond donors (Lipinski definition) is 2. The first kappa shape index (κ1) is 17.1. The van der Waals surface area contributed by atoms with Crippen LogP contribution in [0.2, 0.25) is 0 Å². The quantitative estimate of drug-likeness (QED) is 0.814. The lowest BCUT2D eigenvalue weighted by Crippen LogP contribution is -2.44. The number of nitrogens with zero attached hydrogens (tertiary/aromatic N) is 1. The van der Waals surface area contributed by atoms with Crippen molar-refractivity contribution in [3.63, 3.8) is 0 Å². The Morgan fingerprint density at radius 1 is 1.35 bits per heavy atom. The SMILES string of the molecule is CCC(=O)N1CSCC1C(=O)Nc1ccc(OCC(=O)O)cc1. The van der Waals surface area contributed by atoms with E-state index in [2.05, 4.69) is 5.32 Å². The molecule has 1 unspecified atom stereocenters. The molecule has 0 spiro atoms. The molecule has 0 bridgehead atoms. The minimum Gasteiger partial charge on any atom is -0.482 e. The largest absolute Gasteiger partial charge is 0.482 e. The van der Waals surface area contributed by atoms with Crippen LogP contribution in [0.5, 0.6) is 5.75 Å². The number of rotatable bonds is 6. The fourth-order valence-electron chi connectivity index (χ4n) is 2.11. The van der Waals surface area contributed by atoms with E-state index in [4.69, 9.17) is 9.84 Å². The van der Waals surface area contributed by atoms with Crippen molar-refractivity contribution in [2.24, 2.45) is 0 Å². The van der Waals surface area contributed by atoms with Gasteiger partial charge in [0.1, 0.15) is 11.8 Å². The van der Waals surface area contributed by atoms with Gasteiger partial charge >= 0.3 is 5.97 Å². The topological polar surface area (TPSA) is 95.9 Å². The van der Waals surface area contributed by atoms with Gasteiger partial charge in [-0.1, -0.05) is 6.92 Å². The molecule has 1 aliphatic heterocycles. The molecule has 1 aliphatic rings. The molecule has 1 atom stereocenters. The predicted molar refractivity (Wildman–Crippen MR) is 86.5 cm³/mol. The summed E-state index contributed by atoms with van der Waals surface area (Å²) in [6.45, 7) is 1.36. The normalized spacial score (nSPS) is 16.9. The molecule has 1 heterocycles. The first-order valence-corrected chi connectivity index (χ1v) is 8.29. The molecular weight excluding hydrogens is 320 g/mol. The van der Waals surface area contributed by atoms with E-state index in [1.54, 1.807) is 47.9 Å². The average molecular weight is 338 g/mol. The summed E-state index contributed by atoms with van der Waals surface area (Å²) >= 11 is 1.55. The van der Waals surface area contributed by atoms with Crippen LogP contribution in [0, 0.1) is 0 Å². The number of carbonyl (C=O) groups excluding carboxylic acids is 2. The third kappa shape index (κ3) is 4.62. The maximum absolute atomic E-state index is 12.3. The molecule has 0 aliphatic carbocycles. The van der Waals surface area contributed by atoms with Crippen molar-refractivity contribution >= 4 is 35.2 Å². The van der Waals surface area contributed by atoms with Gasteiger partial charge in [0, 0.05) is 17.9 Å². The van der Waals surface area contributed by atoms with E-state index in [0.717, 1.165) is 0 Å². The lowest BCUT2D eigenvalue weighted by Gasteiger charge is -2.22. The Morgan fingerprint density at radius 3 is 2.65 bits per heavy atom. The number of benzene rings is 1. The van der Waals surface area contributed by atoms with Gasteiger partial charge in [0.15, 0.2) is 6.61 Å². The van der Waals surface area contributed by atoms with Crippen LogP contribution in [0.25, 0.3) is 0 Å². The summed E-state index contributed by atoms with van der Waals surface area (Å²) < 4.78 is 5.02. The summed E-state index contributed by atoms with van der Waals surface area (Å²) in [6, 6.07) is 5.95. The summed E-state index contributed by atoms with van der Waals surface area (Å²) in [6.07, 6.45) is 0.375. The number of ether oxygens (including phenoxy) is 1. The van der Waals surface area contributed by atoms with Crippen LogP contribution in [0.4, 0.5) is 5.69 Å². The molecule has 7 nitrogen and oxygen atoms in total. The highest BCUT2D eigenvalue weighted by Gasteiger charge is 2.33. The van der Waals surface area contributed by atoms with Crippen LogP contribution < -0.4 is 10.1 Å². The number of carboxylic acids is 1. The van der Waals surface area contributed by atoms with Gasteiger partial charge in [-0.2, -0.15) is 0 Å². The molecule has 23 heavy (non-hydrogen) atoms. The Morgan fingerprint density at radius 2 is 2.04 bits per heavy atom. The van der Waals surface area contributed by atoms with Crippen molar-refractivity contribution in [1.82, 2.24) is 4.90 Å². The van der Waals surface area contributed by atoms with Crippen LogP contribution in [-0.2, 0) is 14.4 Å². The van der Waals surface area contributed by atoms with E-state index in [-0.39, 0.29) is 11.8 Å². The second-order valence-electron chi connectivity index (χ2n) is 4.93. The number of carboxylic acid groups (broad SMARTS) is 1. The van der Waals surface area contributed by atoms with Gasteiger partial charge in [-0.25, -0.2) is 4.79 Å². The number of amides is 2. The van der Waals surface area contributed by atoms with Gasteiger partial charge in [0.25, 0.3) is 0 Å². The summed E-state index contributed by atoms with van der Waals surface area (Å²) in [7, 11) is 0. The summed E-state index contributed by atoms with van der Waals surface area (Å²) in [5.74, 6) is 0.208. The predicted octanol–water partition coefficient (Wildman–Crippen LogP) is 1.40. The molecule has 2 rings (SSSR count). The van der Waals surface area contributed by atoms with Gasteiger partial charge in [-0.3, -0.25) is 9.59 Å². The van der Waals surface area contributed by atoms with Gasteiger partial charge in [0.2, 0.25) is 11.8 Å². The van der Waals surface area contributed by atoms with E-state index in [9.17, 15) is 14.4 Å². The van der Waals surface area contributed by atoms with Crippen LogP contribution in [0.3, 0.4) is 0 Å². The fourth-order valence-corrected chi connectivity index (χ4v) is 3.29. The Balaban J connectivity index is 1.94. The Labute approximate surface area is 138 Å². The highest BCUT2D eigenvalue weighted by Crippen LogP contribution is 2.23. The van der Waals surface area contributed by atoms with E-state index < -0.39 is 18.6 Å². The van der Waals surface area contributed by atoms with Crippen molar-refractivity contribution in [3.8, 4) is 5.75 Å². The van der Waals surface area contributed by atoms with Gasteiger partial charge in [0.05, 0.1) is 5.88 Å². The molecule has 1 fully saturated rings. The Bertz CT molecular complexity index is 590. The third-order valence-corrected chi connectivity index (χ3v) is 4.30. The number of carbonyl (C=O) groups is 3. The zero-order chi connectivity index (χ0) is 16.8. The van der Waals surface area contributed by atoms with Crippen molar-refractivity contribution < 1.29 is 24.2 Å². The minimum absolute atomic E-state index is 0.0347. The van der Waals surface area contributed by atoms with E-state index >= 15 is 0 Å². The molecule has 1 saturated heterocycles. The Kier molecular flexibility index (Phi) is 5.86. The smallest absolute Gasteiger partial charge is 0.341 e. The zero-order valence-corrected chi connectivity index (χ0v) is 13.5. The van der Waals surface area contributed by atoms with Crippen LogP contribution in [0.1, 0.15) is 13.3 Å². The summed E-state index contributed by atoms with van der Waals surface area (Å²) in [4.78, 5) is 36.2. The van der Waals surface area contributed by atoms with Crippen molar-refractivity contribution in [1.29, 1.82) is 0 Å². The van der Waals surface area contributed by atoms with Gasteiger partial charge < -0.3 is 20.1 Å². The second kappa shape index (κ2) is 7.87. The lowest BCUT2D eigenvalue weighted by molar-refractivity contribution is -0.139. The van der Waals surface area contributed by atoms with Crippen LogP contribution >= 0.6 is 11.8 Å².